The number of carbonyl (C=O) groups is 1. The quantitative estimate of drug-likeness (QED) is 0.346. The van der Waals surface area contributed by atoms with Crippen molar-refractivity contribution in [1.29, 1.82) is 0 Å². The van der Waals surface area contributed by atoms with Crippen LogP contribution in [0.3, 0.4) is 0 Å². The molecule has 5 heteroatoms. The number of furan rings is 1. The van der Waals surface area contributed by atoms with Crippen molar-refractivity contribution in [1.82, 2.24) is 5.32 Å². The molecule has 2 aromatic rings. The molecule has 1 spiro atoms. The van der Waals surface area contributed by atoms with Crippen LogP contribution in [0.5, 0.6) is 0 Å². The molecule has 0 radical (unpaired) electrons. The molecule has 1 N–H and O–H groups in total. The van der Waals surface area contributed by atoms with Gasteiger partial charge in [-0.1, -0.05) is 36.8 Å². The average Bonchev–Trinajstić information content (AvgIpc) is 3.24. The fraction of sp³-hybridized carbons (Fsp3) is 0.621. The summed E-state index contributed by atoms with van der Waals surface area (Å²) in [4.78, 5) is 12.9. The Kier molecular flexibility index (Phi) is 5.61. The minimum Gasteiger partial charge on any atom is -0.469 e. The molecule has 34 heavy (non-hydrogen) atoms. The number of hydrogen-bond donors (Lipinski definition) is 1. The highest BCUT2D eigenvalue weighted by Crippen LogP contribution is 2.62. The zero-order valence-corrected chi connectivity index (χ0v) is 20.4. The van der Waals surface area contributed by atoms with Gasteiger partial charge in [-0.2, -0.15) is 0 Å². The van der Waals surface area contributed by atoms with Gasteiger partial charge in [0.05, 0.1) is 24.4 Å². The van der Waals surface area contributed by atoms with Crippen molar-refractivity contribution in [3.63, 3.8) is 0 Å². The Bertz CT molecular complexity index is 1010. The number of ether oxygens (including phenoxy) is 2. The summed E-state index contributed by atoms with van der Waals surface area (Å²) in [5.74, 6) is 2.03. The van der Waals surface area contributed by atoms with E-state index in [4.69, 9.17) is 13.9 Å². The lowest BCUT2D eigenvalue weighted by Crippen LogP contribution is -2.51. The van der Waals surface area contributed by atoms with E-state index in [-0.39, 0.29) is 34.9 Å². The number of hydrogen-bond acceptors (Lipinski definition) is 5. The van der Waals surface area contributed by atoms with E-state index in [0.717, 1.165) is 38.2 Å². The predicted molar refractivity (Wildman–Crippen MR) is 129 cm³/mol. The number of carbonyl (C=O) groups excluding carboxylic acids is 1. The van der Waals surface area contributed by atoms with Gasteiger partial charge in [-0.25, -0.2) is 0 Å². The van der Waals surface area contributed by atoms with Gasteiger partial charge in [-0.15, -0.1) is 0 Å². The van der Waals surface area contributed by atoms with Crippen LogP contribution in [0.25, 0.3) is 0 Å². The van der Waals surface area contributed by atoms with Crippen molar-refractivity contribution < 1.29 is 18.7 Å². The normalized spacial score (nSPS) is 37.2. The number of nitrogens with one attached hydrogen (secondary N) is 1. The first kappa shape index (κ1) is 22.4. The van der Waals surface area contributed by atoms with Gasteiger partial charge in [0.25, 0.3) is 0 Å². The molecule has 4 aliphatic rings. The van der Waals surface area contributed by atoms with E-state index in [0.29, 0.717) is 18.4 Å². The smallest absolute Gasteiger partial charge is 0.310 e. The molecule has 2 aliphatic carbocycles. The fourth-order valence-corrected chi connectivity index (χ4v) is 7.46. The Hall–Kier alpha value is -2.11. The zero-order chi connectivity index (χ0) is 23.3. The lowest BCUT2D eigenvalue weighted by Gasteiger charge is -2.51. The summed E-state index contributed by atoms with van der Waals surface area (Å²) in [5, 5.41) is 3.61. The van der Waals surface area contributed by atoms with Gasteiger partial charge in [0.15, 0.2) is 0 Å². The summed E-state index contributed by atoms with van der Waals surface area (Å²) in [5.41, 5.74) is 2.88. The first-order valence-corrected chi connectivity index (χ1v) is 13.1. The summed E-state index contributed by atoms with van der Waals surface area (Å²) >= 11 is 0. The topological polar surface area (TPSA) is 64.0 Å². The van der Waals surface area contributed by atoms with Crippen LogP contribution in [-0.4, -0.2) is 37.4 Å². The van der Waals surface area contributed by atoms with Gasteiger partial charge < -0.3 is 19.2 Å². The third-order valence-electron chi connectivity index (χ3n) is 9.42. The van der Waals surface area contributed by atoms with E-state index >= 15 is 0 Å². The van der Waals surface area contributed by atoms with Crippen LogP contribution in [-0.2, 0) is 14.3 Å². The molecule has 1 aromatic heterocycles. The van der Waals surface area contributed by atoms with Crippen molar-refractivity contribution in [3.05, 3.63) is 59.5 Å². The third-order valence-corrected chi connectivity index (χ3v) is 9.42. The second-order valence-electron chi connectivity index (χ2n) is 11.6. The van der Waals surface area contributed by atoms with Crippen molar-refractivity contribution in [3.8, 4) is 0 Å². The van der Waals surface area contributed by atoms with E-state index in [9.17, 15) is 4.79 Å². The van der Waals surface area contributed by atoms with Crippen molar-refractivity contribution >= 4 is 5.97 Å². The molecule has 0 amide bonds. The molecule has 2 saturated carbocycles. The van der Waals surface area contributed by atoms with Gasteiger partial charge in [0.2, 0.25) is 0 Å². The van der Waals surface area contributed by atoms with Crippen LogP contribution in [0.4, 0.5) is 0 Å². The highest BCUT2D eigenvalue weighted by Gasteiger charge is 2.64. The Balaban J connectivity index is 1.09. The molecule has 4 fully saturated rings. The van der Waals surface area contributed by atoms with E-state index in [2.05, 4.69) is 49.5 Å². The average molecular weight is 464 g/mol. The highest BCUT2D eigenvalue weighted by atomic mass is 16.6. The minimum atomic E-state index is -0.0475. The van der Waals surface area contributed by atoms with Crippen LogP contribution < -0.4 is 5.32 Å². The number of esters is 1. The maximum absolute atomic E-state index is 12.9. The predicted octanol–water partition coefficient (Wildman–Crippen LogP) is 5.23. The summed E-state index contributed by atoms with van der Waals surface area (Å²) in [6.07, 6.45) is 8.48. The van der Waals surface area contributed by atoms with Crippen LogP contribution in [0, 0.1) is 30.1 Å². The number of benzene rings is 1. The molecule has 0 unspecified atom stereocenters. The molecular formula is C29H37NO4. The molecule has 6 rings (SSSR count). The lowest BCUT2D eigenvalue weighted by molar-refractivity contribution is -0.147. The second-order valence-corrected chi connectivity index (χ2v) is 11.6. The van der Waals surface area contributed by atoms with Crippen LogP contribution in [0.1, 0.15) is 68.3 Å². The number of epoxide rings is 1. The lowest BCUT2D eigenvalue weighted by atomic mass is 9.53. The molecule has 1 aromatic carbocycles. The molecule has 2 saturated heterocycles. The fourth-order valence-electron chi connectivity index (χ4n) is 7.46. The van der Waals surface area contributed by atoms with E-state index < -0.39 is 0 Å². The first-order valence-electron chi connectivity index (χ1n) is 13.1. The Morgan fingerprint density at radius 2 is 2.00 bits per heavy atom. The monoisotopic (exact) mass is 463 g/mol. The molecular weight excluding hydrogens is 426 g/mol. The van der Waals surface area contributed by atoms with Crippen LogP contribution in [0.15, 0.2) is 47.1 Å². The summed E-state index contributed by atoms with van der Waals surface area (Å²) in [7, 11) is 0. The zero-order valence-electron chi connectivity index (χ0n) is 20.4. The van der Waals surface area contributed by atoms with Crippen molar-refractivity contribution in [2.45, 2.75) is 70.0 Å². The standard InChI is InChI=1S/C29H37NO4/c1-19-6-8-20(9-7-19)21(24-5-3-14-32-24)10-13-30-17-23-22-15-26-28(2,16-25(22)34-27(23)31)11-4-12-29(26)18-33-29/h3,5-9,14,21-23,25-26,30H,4,10-13,15-18H2,1-2H3/t21-,22-,23+,25+,26-,28+,29-/m0/s1. The van der Waals surface area contributed by atoms with E-state index in [1.807, 2.05) is 6.07 Å². The molecule has 182 valence electrons. The number of aryl methyl sites for hydroxylation is 1. The van der Waals surface area contributed by atoms with E-state index in [1.54, 1.807) is 6.26 Å². The third kappa shape index (κ3) is 3.91. The summed E-state index contributed by atoms with van der Waals surface area (Å²) < 4.78 is 17.8. The molecule has 7 atom stereocenters. The first-order chi connectivity index (χ1) is 16.5. The number of rotatable bonds is 7. The van der Waals surface area contributed by atoms with Crippen LogP contribution >= 0.6 is 0 Å². The molecule has 3 heterocycles. The molecule has 0 bridgehead atoms. The minimum absolute atomic E-state index is 0.00312. The molecule has 2 aliphatic heterocycles. The number of fused-ring (bicyclic) bond motifs is 3. The van der Waals surface area contributed by atoms with Crippen molar-refractivity contribution in [2.75, 3.05) is 19.7 Å². The Labute approximate surface area is 202 Å². The Morgan fingerprint density at radius 3 is 2.74 bits per heavy atom. The maximum Gasteiger partial charge on any atom is 0.310 e. The van der Waals surface area contributed by atoms with Gasteiger partial charge in [0.1, 0.15) is 11.9 Å². The SMILES string of the molecule is Cc1ccc([C@H](CCNC[C@H]2C(=O)O[C@@H]3C[C@@]4(C)CCC[C@]5(CO5)[C@H]4C[C@H]32)c2ccco2)cc1. The van der Waals surface area contributed by atoms with Gasteiger partial charge in [-0.05, 0) is 81.0 Å². The van der Waals surface area contributed by atoms with Crippen molar-refractivity contribution in [2.24, 2.45) is 23.2 Å². The summed E-state index contributed by atoms with van der Waals surface area (Å²) in [6.45, 7) is 6.95. The van der Waals surface area contributed by atoms with Crippen LogP contribution in [0.2, 0.25) is 0 Å². The highest BCUT2D eigenvalue weighted by molar-refractivity contribution is 5.75. The van der Waals surface area contributed by atoms with E-state index in [1.165, 1.54) is 30.4 Å². The largest absolute Gasteiger partial charge is 0.469 e. The second kappa shape index (κ2) is 8.53. The van der Waals surface area contributed by atoms with Gasteiger partial charge in [-0.3, -0.25) is 4.79 Å². The van der Waals surface area contributed by atoms with Gasteiger partial charge >= 0.3 is 5.97 Å². The summed E-state index contributed by atoms with van der Waals surface area (Å²) in [6, 6.07) is 12.7. The molecule has 5 nitrogen and oxygen atoms in total. The maximum atomic E-state index is 12.9. The Morgan fingerprint density at radius 1 is 1.18 bits per heavy atom. The van der Waals surface area contributed by atoms with Gasteiger partial charge in [0, 0.05) is 18.4 Å².